The van der Waals surface area contributed by atoms with Crippen LogP contribution < -0.4 is 11.1 Å². The fraction of sp³-hybridized carbons (Fsp3) is 0.444. The first-order valence-electron chi connectivity index (χ1n) is 8.49. The molecule has 1 atom stereocenters. The first-order chi connectivity index (χ1) is 11.8. The molecule has 144 valence electrons. The number of aromatic nitrogens is 1. The number of halogens is 2. The highest BCUT2D eigenvalue weighted by Crippen LogP contribution is 2.19. The van der Waals surface area contributed by atoms with E-state index >= 15 is 0 Å². The molecule has 5 nitrogen and oxygen atoms in total. The molecule has 0 aliphatic carbocycles. The molecule has 1 amide bonds. The lowest BCUT2D eigenvalue weighted by atomic mass is 10.1. The number of hydrogen-bond donors (Lipinski definition) is 2. The number of carbonyl (C=O) groups is 1. The van der Waals surface area contributed by atoms with Crippen LogP contribution in [0.5, 0.6) is 0 Å². The molecule has 1 aromatic heterocycles. The molecule has 0 bridgehead atoms. The Morgan fingerprint density at radius 2 is 1.92 bits per heavy atom. The highest BCUT2D eigenvalue weighted by molar-refractivity contribution is 7.09. The molecule has 2 aromatic rings. The fourth-order valence-electron chi connectivity index (χ4n) is 3.03. The third-order valence-corrected chi connectivity index (χ3v) is 5.20. The van der Waals surface area contributed by atoms with Crippen molar-refractivity contribution in [1.82, 2.24) is 15.2 Å². The summed E-state index contributed by atoms with van der Waals surface area (Å²) >= 11 is 1.50. The molecule has 1 aliphatic heterocycles. The summed E-state index contributed by atoms with van der Waals surface area (Å²) in [5.41, 5.74) is 7.18. The number of nitrogens with zero attached hydrogens (tertiary/aromatic N) is 2. The van der Waals surface area contributed by atoms with Gasteiger partial charge in [-0.25, -0.2) is 4.98 Å². The fourth-order valence-corrected chi connectivity index (χ4v) is 3.82. The highest BCUT2D eigenvalue weighted by Gasteiger charge is 2.22. The lowest BCUT2D eigenvalue weighted by Crippen LogP contribution is -2.37. The normalized spacial score (nSPS) is 15.0. The summed E-state index contributed by atoms with van der Waals surface area (Å²) in [4.78, 5) is 19.4. The lowest BCUT2D eigenvalue weighted by molar-refractivity contribution is 0.0922. The second kappa shape index (κ2) is 11.5. The van der Waals surface area contributed by atoms with Crippen LogP contribution in [-0.4, -0.2) is 42.0 Å². The predicted octanol–water partition coefficient (Wildman–Crippen LogP) is 3.05. The molecule has 1 saturated heterocycles. The van der Waals surface area contributed by atoms with Crippen molar-refractivity contribution in [3.63, 3.8) is 0 Å². The molecule has 0 radical (unpaired) electrons. The number of likely N-dealkylation sites (tertiary alicyclic amines) is 1. The van der Waals surface area contributed by atoms with Crippen LogP contribution in [0.4, 0.5) is 0 Å². The van der Waals surface area contributed by atoms with E-state index < -0.39 is 0 Å². The van der Waals surface area contributed by atoms with Crippen LogP contribution >= 0.6 is 36.2 Å². The van der Waals surface area contributed by atoms with Crippen molar-refractivity contribution in [2.75, 3.05) is 26.2 Å². The van der Waals surface area contributed by atoms with Crippen molar-refractivity contribution in [1.29, 1.82) is 0 Å². The van der Waals surface area contributed by atoms with Gasteiger partial charge in [-0.1, -0.05) is 30.3 Å². The number of amides is 1. The first kappa shape index (κ1) is 22.9. The highest BCUT2D eigenvalue weighted by atomic mass is 35.5. The summed E-state index contributed by atoms with van der Waals surface area (Å²) < 4.78 is 0. The van der Waals surface area contributed by atoms with Gasteiger partial charge in [-0.2, -0.15) is 0 Å². The lowest BCUT2D eigenvalue weighted by Gasteiger charge is -2.24. The van der Waals surface area contributed by atoms with E-state index in [4.69, 9.17) is 5.73 Å². The van der Waals surface area contributed by atoms with Gasteiger partial charge in [-0.3, -0.25) is 4.79 Å². The number of nitrogens with two attached hydrogens (primary N) is 1. The van der Waals surface area contributed by atoms with Gasteiger partial charge in [0.05, 0.1) is 11.0 Å². The molecule has 1 aromatic carbocycles. The Hall–Kier alpha value is -1.18. The van der Waals surface area contributed by atoms with Crippen LogP contribution in [0.2, 0.25) is 0 Å². The summed E-state index contributed by atoms with van der Waals surface area (Å²) in [6.45, 7) is 3.61. The van der Waals surface area contributed by atoms with Crippen molar-refractivity contribution < 1.29 is 4.79 Å². The van der Waals surface area contributed by atoms with Gasteiger partial charge in [0, 0.05) is 18.3 Å². The van der Waals surface area contributed by atoms with Crippen molar-refractivity contribution in [3.8, 4) is 0 Å². The van der Waals surface area contributed by atoms with E-state index in [9.17, 15) is 4.79 Å². The van der Waals surface area contributed by atoms with Gasteiger partial charge >= 0.3 is 0 Å². The Morgan fingerprint density at radius 3 is 2.58 bits per heavy atom. The zero-order valence-electron chi connectivity index (χ0n) is 14.6. The van der Waals surface area contributed by atoms with Crippen LogP contribution in [-0.2, 0) is 6.42 Å². The Kier molecular flexibility index (Phi) is 10.1. The molecule has 1 aliphatic rings. The molecule has 0 spiro atoms. The van der Waals surface area contributed by atoms with Gasteiger partial charge < -0.3 is 16.0 Å². The summed E-state index contributed by atoms with van der Waals surface area (Å²) in [5, 5.41) is 5.90. The maximum atomic E-state index is 12.6. The van der Waals surface area contributed by atoms with Crippen molar-refractivity contribution in [2.24, 2.45) is 5.73 Å². The minimum atomic E-state index is -0.109. The van der Waals surface area contributed by atoms with E-state index in [-0.39, 0.29) is 36.8 Å². The second-order valence-electron chi connectivity index (χ2n) is 6.11. The Morgan fingerprint density at radius 1 is 1.23 bits per heavy atom. The zero-order chi connectivity index (χ0) is 16.8. The minimum Gasteiger partial charge on any atom is -0.343 e. The van der Waals surface area contributed by atoms with Crippen LogP contribution in [0.3, 0.4) is 0 Å². The standard InChI is InChI=1S/C18H24N4OS.2ClH/c19-9-8-17-20-16(13-24-17)18(23)21-15(12-22-10-4-5-11-22)14-6-2-1-3-7-14;;/h1-3,6-7,13,15H,4-5,8-12,19H2,(H,21,23);2*1H. The van der Waals surface area contributed by atoms with Gasteiger partial charge in [0.2, 0.25) is 0 Å². The van der Waals surface area contributed by atoms with Crippen LogP contribution in [0, 0.1) is 0 Å². The van der Waals surface area contributed by atoms with Crippen molar-refractivity contribution in [2.45, 2.75) is 25.3 Å². The van der Waals surface area contributed by atoms with Crippen molar-refractivity contribution in [3.05, 3.63) is 52.0 Å². The van der Waals surface area contributed by atoms with Crippen LogP contribution in [0.15, 0.2) is 35.7 Å². The van der Waals surface area contributed by atoms with Gasteiger partial charge in [0.1, 0.15) is 5.69 Å². The molecule has 1 fully saturated rings. The predicted molar refractivity (Wildman–Crippen MR) is 112 cm³/mol. The SMILES string of the molecule is Cl.Cl.NCCc1nc(C(=O)NC(CN2CCCC2)c2ccccc2)cs1. The van der Waals surface area contributed by atoms with E-state index in [2.05, 4.69) is 27.3 Å². The molecule has 2 heterocycles. The third kappa shape index (κ3) is 6.21. The van der Waals surface area contributed by atoms with E-state index in [1.54, 1.807) is 0 Å². The van der Waals surface area contributed by atoms with E-state index in [1.807, 2.05) is 23.6 Å². The van der Waals surface area contributed by atoms with Gasteiger partial charge in [0.25, 0.3) is 5.91 Å². The van der Waals surface area contributed by atoms with E-state index in [1.165, 1.54) is 24.2 Å². The van der Waals surface area contributed by atoms with Gasteiger partial charge in [-0.15, -0.1) is 36.2 Å². The Bertz CT molecular complexity index is 662. The summed E-state index contributed by atoms with van der Waals surface area (Å²) in [6, 6.07) is 10.2. The van der Waals surface area contributed by atoms with Gasteiger partial charge in [-0.05, 0) is 38.0 Å². The smallest absolute Gasteiger partial charge is 0.271 e. The molecular formula is C18H26Cl2N4OS. The maximum Gasteiger partial charge on any atom is 0.271 e. The number of benzene rings is 1. The number of rotatable bonds is 7. The largest absolute Gasteiger partial charge is 0.343 e. The van der Waals surface area contributed by atoms with E-state index in [0.717, 1.165) is 30.2 Å². The monoisotopic (exact) mass is 416 g/mol. The number of hydrogen-bond acceptors (Lipinski definition) is 5. The first-order valence-corrected chi connectivity index (χ1v) is 9.37. The topological polar surface area (TPSA) is 71.2 Å². The van der Waals surface area contributed by atoms with Gasteiger partial charge in [0.15, 0.2) is 0 Å². The molecule has 3 rings (SSSR count). The molecule has 3 N–H and O–H groups in total. The molecule has 0 saturated carbocycles. The van der Waals surface area contributed by atoms with Crippen LogP contribution in [0.1, 0.15) is 39.9 Å². The summed E-state index contributed by atoms with van der Waals surface area (Å²) in [7, 11) is 0. The maximum absolute atomic E-state index is 12.6. The number of carbonyl (C=O) groups excluding carboxylic acids is 1. The summed E-state index contributed by atoms with van der Waals surface area (Å²) in [6.07, 6.45) is 3.20. The number of nitrogens with one attached hydrogen (secondary N) is 1. The Labute approximate surface area is 171 Å². The number of thiazole rings is 1. The summed E-state index contributed by atoms with van der Waals surface area (Å²) in [5.74, 6) is -0.109. The molecule has 1 unspecified atom stereocenters. The Balaban J connectivity index is 0.00000169. The quantitative estimate of drug-likeness (QED) is 0.727. The average molecular weight is 417 g/mol. The van der Waals surface area contributed by atoms with Crippen LogP contribution in [0.25, 0.3) is 0 Å². The average Bonchev–Trinajstić information content (AvgIpc) is 3.27. The second-order valence-corrected chi connectivity index (χ2v) is 7.05. The third-order valence-electron chi connectivity index (χ3n) is 4.29. The molecule has 8 heteroatoms. The molecule has 26 heavy (non-hydrogen) atoms. The van der Waals surface area contributed by atoms with Crippen molar-refractivity contribution >= 4 is 42.1 Å². The van der Waals surface area contributed by atoms with E-state index in [0.29, 0.717) is 18.7 Å². The minimum absolute atomic E-state index is 0. The zero-order valence-corrected chi connectivity index (χ0v) is 17.0. The molecular weight excluding hydrogens is 391 g/mol.